The summed E-state index contributed by atoms with van der Waals surface area (Å²) < 4.78 is 36.8. The van der Waals surface area contributed by atoms with E-state index >= 15 is 0 Å². The number of amides is 1. The number of hydrogen-bond acceptors (Lipinski definition) is 6. The third-order valence-electron chi connectivity index (χ3n) is 4.75. The predicted octanol–water partition coefficient (Wildman–Crippen LogP) is 3.99. The zero-order valence-corrected chi connectivity index (χ0v) is 17.6. The quantitative estimate of drug-likeness (QED) is 0.470. The van der Waals surface area contributed by atoms with Crippen molar-refractivity contribution in [3.05, 3.63) is 84.4 Å². The minimum absolute atomic E-state index is 0.124. The van der Waals surface area contributed by atoms with Crippen LogP contribution in [0, 0.1) is 0 Å². The second-order valence-electron chi connectivity index (χ2n) is 6.73. The second-order valence-corrected chi connectivity index (χ2v) is 8.65. The molecule has 0 atom stereocenters. The zero-order chi connectivity index (χ0) is 21.8. The number of furan rings is 1. The molecule has 0 saturated carbocycles. The van der Waals surface area contributed by atoms with Crippen molar-refractivity contribution in [1.82, 2.24) is 10.3 Å². The fraction of sp³-hybridized carbons (Fsp3) is 0.130. The summed E-state index contributed by atoms with van der Waals surface area (Å²) in [7, 11) is -3.73. The van der Waals surface area contributed by atoms with Crippen LogP contribution in [0.5, 0.6) is 5.75 Å². The largest absolute Gasteiger partial charge is 0.493 e. The molecule has 0 aliphatic carbocycles. The Labute approximate surface area is 179 Å². The summed E-state index contributed by atoms with van der Waals surface area (Å²) in [5, 5.41) is 3.50. The maximum absolute atomic E-state index is 13.0. The molecule has 0 radical (unpaired) electrons. The van der Waals surface area contributed by atoms with Crippen molar-refractivity contribution >= 4 is 26.7 Å². The maximum atomic E-state index is 13.0. The number of carbonyl (C=O) groups excluding carboxylic acids is 1. The third-order valence-corrected chi connectivity index (χ3v) is 6.56. The van der Waals surface area contributed by atoms with Crippen LogP contribution in [0.1, 0.15) is 22.8 Å². The molecule has 1 amide bonds. The molecule has 0 fully saturated rings. The molecule has 0 spiro atoms. The van der Waals surface area contributed by atoms with E-state index in [1.807, 2.05) is 0 Å². The van der Waals surface area contributed by atoms with Crippen molar-refractivity contribution in [1.29, 1.82) is 0 Å². The van der Waals surface area contributed by atoms with Gasteiger partial charge in [-0.1, -0.05) is 24.3 Å². The molecule has 4 rings (SSSR count). The average molecular weight is 436 g/mol. The molecule has 2 aromatic carbocycles. The highest BCUT2D eigenvalue weighted by molar-refractivity contribution is 7.91. The van der Waals surface area contributed by atoms with E-state index in [1.54, 1.807) is 55.7 Å². The summed E-state index contributed by atoms with van der Waals surface area (Å²) >= 11 is 0. The number of para-hydroxylation sites is 1. The van der Waals surface area contributed by atoms with Crippen LogP contribution >= 0.6 is 0 Å². The van der Waals surface area contributed by atoms with Crippen LogP contribution < -0.4 is 10.1 Å². The Kier molecular flexibility index (Phi) is 5.73. The first-order valence-corrected chi connectivity index (χ1v) is 11.1. The summed E-state index contributed by atoms with van der Waals surface area (Å²) in [4.78, 5) is 16.7. The van der Waals surface area contributed by atoms with E-state index < -0.39 is 9.84 Å². The number of aromatic nitrogens is 1. The molecule has 8 heteroatoms. The molecule has 4 aromatic rings. The minimum atomic E-state index is -3.73. The van der Waals surface area contributed by atoms with Gasteiger partial charge in [0.25, 0.3) is 5.91 Å². The highest BCUT2D eigenvalue weighted by Crippen LogP contribution is 2.29. The van der Waals surface area contributed by atoms with Crippen molar-refractivity contribution in [2.45, 2.75) is 23.3 Å². The number of benzene rings is 2. The van der Waals surface area contributed by atoms with E-state index in [-0.39, 0.29) is 22.2 Å². The Morgan fingerprint density at radius 1 is 1.10 bits per heavy atom. The van der Waals surface area contributed by atoms with Gasteiger partial charge < -0.3 is 14.5 Å². The van der Waals surface area contributed by atoms with Crippen molar-refractivity contribution in [2.75, 3.05) is 6.61 Å². The van der Waals surface area contributed by atoms with Crippen LogP contribution in [0.25, 0.3) is 11.0 Å². The van der Waals surface area contributed by atoms with Gasteiger partial charge in [0, 0.05) is 18.1 Å². The van der Waals surface area contributed by atoms with Gasteiger partial charge >= 0.3 is 0 Å². The van der Waals surface area contributed by atoms with Crippen molar-refractivity contribution in [2.24, 2.45) is 0 Å². The highest BCUT2D eigenvalue weighted by atomic mass is 32.2. The SMILES string of the molecule is CCOc1ccccc1S(=O)(=O)c1ccc(CNC(=O)c2coc3cnccc23)cc1. The molecule has 0 aliphatic heterocycles. The van der Waals surface area contributed by atoms with E-state index in [0.29, 0.717) is 28.9 Å². The van der Waals surface area contributed by atoms with E-state index in [0.717, 1.165) is 5.56 Å². The maximum Gasteiger partial charge on any atom is 0.255 e. The van der Waals surface area contributed by atoms with Gasteiger partial charge in [-0.2, -0.15) is 0 Å². The molecule has 7 nitrogen and oxygen atoms in total. The van der Waals surface area contributed by atoms with Crippen LogP contribution in [0.2, 0.25) is 0 Å². The van der Waals surface area contributed by atoms with E-state index in [1.165, 1.54) is 24.5 Å². The Morgan fingerprint density at radius 2 is 1.87 bits per heavy atom. The van der Waals surface area contributed by atoms with Gasteiger partial charge in [0.15, 0.2) is 5.58 Å². The fourth-order valence-electron chi connectivity index (χ4n) is 3.20. The average Bonchev–Trinajstić information content (AvgIpc) is 3.23. The number of hydrogen-bond donors (Lipinski definition) is 1. The third kappa shape index (κ3) is 4.15. The second kappa shape index (κ2) is 8.61. The normalized spacial score (nSPS) is 11.4. The van der Waals surface area contributed by atoms with Crippen LogP contribution in [-0.4, -0.2) is 25.9 Å². The fourth-order valence-corrected chi connectivity index (χ4v) is 4.59. The number of ether oxygens (including phenoxy) is 1. The number of nitrogens with one attached hydrogen (secondary N) is 1. The number of nitrogens with zero attached hydrogens (tertiary/aromatic N) is 1. The lowest BCUT2D eigenvalue weighted by Gasteiger charge is -2.11. The number of carbonyl (C=O) groups is 1. The lowest BCUT2D eigenvalue weighted by Crippen LogP contribution is -2.22. The van der Waals surface area contributed by atoms with E-state index in [4.69, 9.17) is 9.15 Å². The van der Waals surface area contributed by atoms with Crippen LogP contribution in [0.15, 0.2) is 87.5 Å². The Bertz CT molecular complexity index is 1330. The smallest absolute Gasteiger partial charge is 0.255 e. The van der Waals surface area contributed by atoms with Crippen LogP contribution in [0.3, 0.4) is 0 Å². The minimum Gasteiger partial charge on any atom is -0.493 e. The van der Waals surface area contributed by atoms with Gasteiger partial charge in [0.05, 0.1) is 23.3 Å². The molecule has 1 N–H and O–H groups in total. The predicted molar refractivity (Wildman–Crippen MR) is 115 cm³/mol. The van der Waals surface area contributed by atoms with E-state index in [9.17, 15) is 13.2 Å². The summed E-state index contributed by atoms with van der Waals surface area (Å²) in [5.41, 5.74) is 1.72. The first kappa shape index (κ1) is 20.6. The lowest BCUT2D eigenvalue weighted by molar-refractivity contribution is 0.0951. The van der Waals surface area contributed by atoms with Gasteiger partial charge in [0.1, 0.15) is 16.9 Å². The zero-order valence-electron chi connectivity index (χ0n) is 16.7. The Hall–Kier alpha value is -3.65. The number of fused-ring (bicyclic) bond motifs is 1. The van der Waals surface area contributed by atoms with E-state index in [2.05, 4.69) is 10.3 Å². The molecule has 0 saturated heterocycles. The number of sulfone groups is 1. The van der Waals surface area contributed by atoms with Gasteiger partial charge in [0.2, 0.25) is 9.84 Å². The standard InChI is InChI=1S/C23H20N2O5S/c1-2-29-20-5-3-4-6-22(20)31(27,28)17-9-7-16(8-10-17)13-25-23(26)19-15-30-21-14-24-12-11-18(19)21/h3-12,14-15H,2,13H2,1H3,(H,25,26). The molecule has 158 valence electrons. The van der Waals surface area contributed by atoms with Gasteiger partial charge in [-0.05, 0) is 42.8 Å². The summed E-state index contributed by atoms with van der Waals surface area (Å²) in [5.74, 6) is 0.0381. The topological polar surface area (TPSA) is 98.5 Å². The molecule has 2 heterocycles. The number of rotatable bonds is 7. The molecular formula is C23H20N2O5S. The molecule has 31 heavy (non-hydrogen) atoms. The Morgan fingerprint density at radius 3 is 2.65 bits per heavy atom. The molecule has 0 aliphatic rings. The van der Waals surface area contributed by atoms with Gasteiger partial charge in [-0.3, -0.25) is 9.78 Å². The lowest BCUT2D eigenvalue weighted by atomic mass is 10.2. The van der Waals surface area contributed by atoms with Crippen molar-refractivity contribution in [3.8, 4) is 5.75 Å². The monoisotopic (exact) mass is 436 g/mol. The Balaban J connectivity index is 1.49. The van der Waals surface area contributed by atoms with Gasteiger partial charge in [-0.15, -0.1) is 0 Å². The first-order chi connectivity index (χ1) is 15.0. The summed E-state index contributed by atoms with van der Waals surface area (Å²) in [6.45, 7) is 2.41. The van der Waals surface area contributed by atoms with Gasteiger partial charge in [-0.25, -0.2) is 8.42 Å². The van der Waals surface area contributed by atoms with Crippen LogP contribution in [-0.2, 0) is 16.4 Å². The summed E-state index contributed by atoms with van der Waals surface area (Å²) in [6.07, 6.45) is 4.54. The molecule has 0 unspecified atom stereocenters. The first-order valence-electron chi connectivity index (χ1n) is 9.66. The number of pyridine rings is 1. The summed E-state index contributed by atoms with van der Waals surface area (Å²) in [6, 6.07) is 14.7. The van der Waals surface area contributed by atoms with Crippen molar-refractivity contribution in [3.63, 3.8) is 0 Å². The van der Waals surface area contributed by atoms with Crippen LogP contribution in [0.4, 0.5) is 0 Å². The van der Waals surface area contributed by atoms with Crippen molar-refractivity contribution < 1.29 is 22.4 Å². The molecular weight excluding hydrogens is 416 g/mol. The highest BCUT2D eigenvalue weighted by Gasteiger charge is 2.22. The molecule has 2 aromatic heterocycles. The molecule has 0 bridgehead atoms.